The Morgan fingerprint density at radius 3 is 2.30 bits per heavy atom. The predicted octanol–water partition coefficient (Wildman–Crippen LogP) is 4.17. The molecule has 0 aliphatic carbocycles. The summed E-state index contributed by atoms with van der Waals surface area (Å²) in [6.07, 6.45) is 1.07. The number of carbonyl (C=O) groups is 1. The first-order chi connectivity index (χ1) is 16.0. The molecule has 3 aromatic carbocycles. The summed E-state index contributed by atoms with van der Waals surface area (Å²) in [5, 5.41) is 9.45. The Hall–Kier alpha value is -3.65. The van der Waals surface area contributed by atoms with Crippen molar-refractivity contribution < 1.29 is 13.2 Å². The molecular weight excluding hydrogens is 436 g/mol. The Morgan fingerprint density at radius 2 is 1.61 bits per heavy atom. The second-order valence-corrected chi connectivity index (χ2v) is 10.1. The first-order valence-corrected chi connectivity index (χ1v) is 12.5. The molecule has 1 unspecified atom stereocenters. The molecule has 0 radical (unpaired) electrons. The normalized spacial score (nSPS) is 19.4. The number of hydrogen-bond donors (Lipinski definition) is 1. The van der Waals surface area contributed by atoms with Crippen molar-refractivity contribution in [1.82, 2.24) is 0 Å². The van der Waals surface area contributed by atoms with E-state index in [0.717, 1.165) is 11.3 Å². The Kier molecular flexibility index (Phi) is 5.60. The molecular formula is C25H24N4O3S. The van der Waals surface area contributed by atoms with Gasteiger partial charge in [0.2, 0.25) is 10.0 Å². The number of anilines is 3. The number of carbonyl (C=O) groups excluding carboxylic acids is 1. The van der Waals surface area contributed by atoms with E-state index in [1.54, 1.807) is 24.3 Å². The molecule has 2 aliphatic rings. The van der Waals surface area contributed by atoms with Crippen LogP contribution in [0.15, 0.2) is 90.0 Å². The van der Waals surface area contributed by atoms with Crippen molar-refractivity contribution in [2.45, 2.75) is 18.9 Å². The summed E-state index contributed by atoms with van der Waals surface area (Å²) in [7, 11) is -3.29. The number of sulfonamides is 1. The van der Waals surface area contributed by atoms with Gasteiger partial charge in [0.05, 0.1) is 23.2 Å². The Balaban J connectivity index is 1.39. The zero-order chi connectivity index (χ0) is 22.8. The predicted molar refractivity (Wildman–Crippen MR) is 131 cm³/mol. The highest BCUT2D eigenvalue weighted by Crippen LogP contribution is 2.35. The molecule has 1 atom stereocenters. The van der Waals surface area contributed by atoms with Gasteiger partial charge in [0.15, 0.2) is 0 Å². The van der Waals surface area contributed by atoms with Crippen LogP contribution in [0, 0.1) is 0 Å². The van der Waals surface area contributed by atoms with E-state index >= 15 is 0 Å². The van der Waals surface area contributed by atoms with Crippen LogP contribution in [0.4, 0.5) is 17.1 Å². The first-order valence-electron chi connectivity index (χ1n) is 10.9. The van der Waals surface area contributed by atoms with Gasteiger partial charge in [0.25, 0.3) is 5.91 Å². The highest BCUT2D eigenvalue weighted by Gasteiger charge is 2.33. The minimum Gasteiger partial charge on any atom is -0.321 e. The SMILES string of the molecule is O=C(Nc1cccc(N2CCCS2(=O)=O)c1)C1=NN(c2ccccc2)C(c2ccccc2)C1. The largest absolute Gasteiger partial charge is 0.321 e. The van der Waals surface area contributed by atoms with E-state index in [-0.39, 0.29) is 17.7 Å². The maximum absolute atomic E-state index is 13.1. The standard InChI is InChI=1S/C25H24N4O3S/c30-25(26-20-11-7-14-22(17-20)28-15-8-16-33(28,31)32)23-18-24(19-9-3-1-4-10-19)29(27-23)21-12-5-2-6-13-21/h1-7,9-14,17,24H,8,15-16,18H2,(H,26,30). The maximum Gasteiger partial charge on any atom is 0.271 e. The van der Waals surface area contributed by atoms with Crippen molar-refractivity contribution in [2.75, 3.05) is 26.9 Å². The molecule has 0 saturated carbocycles. The van der Waals surface area contributed by atoms with Crippen molar-refractivity contribution >= 4 is 38.7 Å². The maximum atomic E-state index is 13.1. The summed E-state index contributed by atoms with van der Waals surface area (Å²) in [5.41, 5.74) is 3.51. The Bertz CT molecular complexity index is 1290. The average Bonchev–Trinajstić information content (AvgIpc) is 3.44. The van der Waals surface area contributed by atoms with Gasteiger partial charge in [-0.15, -0.1) is 0 Å². The van der Waals surface area contributed by atoms with Crippen LogP contribution in [0.1, 0.15) is 24.4 Å². The quantitative estimate of drug-likeness (QED) is 0.620. The van der Waals surface area contributed by atoms with Crippen LogP contribution in [0.25, 0.3) is 0 Å². The summed E-state index contributed by atoms with van der Waals surface area (Å²) in [5.74, 6) is -0.146. The van der Waals surface area contributed by atoms with Gasteiger partial charge in [-0.2, -0.15) is 5.10 Å². The van der Waals surface area contributed by atoms with Crippen LogP contribution in [0.2, 0.25) is 0 Å². The van der Waals surface area contributed by atoms with E-state index in [1.165, 1.54) is 4.31 Å². The van der Waals surface area contributed by atoms with Gasteiger partial charge in [0, 0.05) is 18.7 Å². The summed E-state index contributed by atoms with van der Waals surface area (Å²) in [6.45, 7) is 0.456. The lowest BCUT2D eigenvalue weighted by Gasteiger charge is -2.23. The molecule has 168 valence electrons. The third kappa shape index (κ3) is 4.34. The van der Waals surface area contributed by atoms with Crippen molar-refractivity contribution in [3.63, 3.8) is 0 Å². The fourth-order valence-corrected chi connectivity index (χ4v) is 5.83. The van der Waals surface area contributed by atoms with Gasteiger partial charge in [-0.25, -0.2) is 8.42 Å². The minimum atomic E-state index is -3.29. The topological polar surface area (TPSA) is 82.1 Å². The van der Waals surface area contributed by atoms with Gasteiger partial charge in [-0.05, 0) is 42.3 Å². The molecule has 0 bridgehead atoms. The number of amides is 1. The molecule has 2 heterocycles. The van der Waals surface area contributed by atoms with Crippen LogP contribution in [0.5, 0.6) is 0 Å². The second kappa shape index (κ2) is 8.71. The highest BCUT2D eigenvalue weighted by molar-refractivity contribution is 7.93. The zero-order valence-corrected chi connectivity index (χ0v) is 18.8. The third-order valence-corrected chi connectivity index (χ3v) is 7.74. The molecule has 1 fully saturated rings. The Labute approximate surface area is 193 Å². The van der Waals surface area contributed by atoms with Crippen molar-refractivity contribution in [1.29, 1.82) is 0 Å². The van der Waals surface area contributed by atoms with Gasteiger partial charge >= 0.3 is 0 Å². The summed E-state index contributed by atoms with van der Waals surface area (Å²) < 4.78 is 25.9. The van der Waals surface area contributed by atoms with Crippen molar-refractivity contribution in [3.8, 4) is 0 Å². The molecule has 7 nitrogen and oxygen atoms in total. The second-order valence-electron chi connectivity index (χ2n) is 8.10. The number of para-hydroxylation sites is 1. The molecule has 1 N–H and O–H groups in total. The lowest BCUT2D eigenvalue weighted by Crippen LogP contribution is -2.25. The molecule has 1 amide bonds. The fourth-order valence-electron chi connectivity index (χ4n) is 4.27. The van der Waals surface area contributed by atoms with Crippen LogP contribution < -0.4 is 14.6 Å². The Morgan fingerprint density at radius 1 is 0.909 bits per heavy atom. The third-order valence-electron chi connectivity index (χ3n) is 5.87. The molecule has 1 saturated heterocycles. The van der Waals surface area contributed by atoms with E-state index in [0.29, 0.717) is 36.5 Å². The smallest absolute Gasteiger partial charge is 0.271 e. The van der Waals surface area contributed by atoms with Crippen LogP contribution in [0.3, 0.4) is 0 Å². The van der Waals surface area contributed by atoms with E-state index < -0.39 is 10.0 Å². The molecule has 8 heteroatoms. The zero-order valence-electron chi connectivity index (χ0n) is 18.0. The van der Waals surface area contributed by atoms with Crippen LogP contribution in [-0.4, -0.2) is 32.3 Å². The number of hydrazone groups is 1. The number of nitrogens with zero attached hydrogens (tertiary/aromatic N) is 3. The lowest BCUT2D eigenvalue weighted by atomic mass is 10.0. The van der Waals surface area contributed by atoms with Gasteiger partial charge in [-0.3, -0.25) is 14.1 Å². The molecule has 33 heavy (non-hydrogen) atoms. The summed E-state index contributed by atoms with van der Waals surface area (Å²) in [6, 6.07) is 26.6. The number of hydrogen-bond acceptors (Lipinski definition) is 5. The molecule has 0 aromatic heterocycles. The summed E-state index contributed by atoms with van der Waals surface area (Å²) >= 11 is 0. The van der Waals surface area contributed by atoms with E-state index in [2.05, 4.69) is 10.4 Å². The van der Waals surface area contributed by atoms with Gasteiger partial charge in [0.1, 0.15) is 5.71 Å². The summed E-state index contributed by atoms with van der Waals surface area (Å²) in [4.78, 5) is 13.1. The van der Waals surface area contributed by atoms with Gasteiger partial charge < -0.3 is 5.32 Å². The molecule has 0 spiro atoms. The van der Waals surface area contributed by atoms with Gasteiger partial charge in [-0.1, -0.05) is 54.6 Å². The van der Waals surface area contributed by atoms with E-state index in [9.17, 15) is 13.2 Å². The molecule has 5 rings (SSSR count). The minimum absolute atomic E-state index is 0.0876. The number of rotatable bonds is 5. The highest BCUT2D eigenvalue weighted by atomic mass is 32.2. The lowest BCUT2D eigenvalue weighted by molar-refractivity contribution is -0.110. The monoisotopic (exact) mass is 460 g/mol. The average molecular weight is 461 g/mol. The molecule has 2 aliphatic heterocycles. The van der Waals surface area contributed by atoms with Crippen LogP contribution in [-0.2, 0) is 14.8 Å². The number of benzene rings is 3. The van der Waals surface area contributed by atoms with E-state index in [4.69, 9.17) is 0 Å². The van der Waals surface area contributed by atoms with Crippen molar-refractivity contribution in [2.24, 2.45) is 5.10 Å². The van der Waals surface area contributed by atoms with E-state index in [1.807, 2.05) is 65.7 Å². The fraction of sp³-hybridized carbons (Fsp3) is 0.200. The molecule has 3 aromatic rings. The first kappa shape index (κ1) is 21.2. The van der Waals surface area contributed by atoms with Crippen LogP contribution >= 0.6 is 0 Å². The number of nitrogens with one attached hydrogen (secondary N) is 1. The van der Waals surface area contributed by atoms with Crippen molar-refractivity contribution in [3.05, 3.63) is 90.5 Å².